The van der Waals surface area contributed by atoms with E-state index in [2.05, 4.69) is 316 Å². The summed E-state index contributed by atoms with van der Waals surface area (Å²) in [5.41, 5.74) is 27.4. The van der Waals surface area contributed by atoms with Crippen LogP contribution in [-0.2, 0) is 11.8 Å². The van der Waals surface area contributed by atoms with E-state index in [1.807, 2.05) is 0 Å². The van der Waals surface area contributed by atoms with Crippen molar-refractivity contribution >= 4 is 51.2 Å². The van der Waals surface area contributed by atoms with Crippen LogP contribution >= 0.6 is 0 Å². The topological polar surface area (TPSA) is 9.72 Å². The van der Waals surface area contributed by atoms with Gasteiger partial charge in [-0.3, -0.25) is 0 Å². The molecule has 0 spiro atoms. The van der Waals surface area contributed by atoms with Gasteiger partial charge >= 0.3 is 0 Å². The zero-order chi connectivity index (χ0) is 63.1. The van der Waals surface area contributed by atoms with E-state index in [-0.39, 0.29) is 5.41 Å². The third-order valence-electron chi connectivity index (χ3n) is 19.5. The predicted molar refractivity (Wildman–Crippen MR) is 397 cm³/mol. The van der Waals surface area contributed by atoms with Gasteiger partial charge in [0.2, 0.25) is 0 Å². The Morgan fingerprint density at radius 3 is 1.07 bits per heavy atom. The van der Waals surface area contributed by atoms with Crippen molar-refractivity contribution in [3.63, 3.8) is 0 Å². The molecule has 92 heavy (non-hydrogen) atoms. The summed E-state index contributed by atoms with van der Waals surface area (Å²) in [6, 6.07) is 99.9. The molecule has 12 rings (SSSR count). The van der Waals surface area contributed by atoms with E-state index in [9.17, 15) is 0 Å². The summed E-state index contributed by atoms with van der Waals surface area (Å²) < 4.78 is 0. The molecule has 0 unspecified atom stereocenters. The number of hydrogen-bond acceptors (Lipinski definition) is 3. The van der Waals surface area contributed by atoms with Gasteiger partial charge < -0.3 is 14.7 Å². The molecule has 0 aliphatic heterocycles. The Morgan fingerprint density at radius 1 is 0.250 bits per heavy atom. The highest BCUT2D eigenvalue weighted by molar-refractivity contribution is 5.88. The summed E-state index contributed by atoms with van der Waals surface area (Å²) >= 11 is 0. The van der Waals surface area contributed by atoms with Crippen LogP contribution in [-0.4, -0.2) is 0 Å². The fourth-order valence-corrected chi connectivity index (χ4v) is 14.6. The highest BCUT2D eigenvalue weighted by Crippen LogP contribution is 2.56. The van der Waals surface area contributed by atoms with Gasteiger partial charge in [-0.05, 0) is 227 Å². The maximum atomic E-state index is 2.57. The lowest BCUT2D eigenvalue weighted by Crippen LogP contribution is -2.26. The minimum atomic E-state index is 0.00983. The van der Waals surface area contributed by atoms with Crippen LogP contribution in [0.2, 0.25) is 0 Å². The number of fused-ring (bicyclic) bond motifs is 3. The molecule has 0 saturated heterocycles. The van der Waals surface area contributed by atoms with Crippen LogP contribution in [0, 0.1) is 13.8 Å². The van der Waals surface area contributed by atoms with Crippen molar-refractivity contribution in [3.8, 4) is 44.5 Å². The zero-order valence-corrected chi connectivity index (χ0v) is 55.3. The lowest BCUT2D eigenvalue weighted by atomic mass is 9.70. The third-order valence-corrected chi connectivity index (χ3v) is 19.5. The molecule has 11 aromatic rings. The summed E-state index contributed by atoms with van der Waals surface area (Å²) in [6.45, 7) is 11.5. The molecular weight excluding hydrogens is 1110 g/mol. The fraction of sp³-hybridized carbons (Fsp3) is 0.258. The normalized spacial score (nSPS) is 12.1. The number of benzene rings is 11. The molecule has 464 valence electrons. The molecule has 3 heteroatoms. The minimum Gasteiger partial charge on any atom is -0.310 e. The Balaban J connectivity index is 0.827. The molecule has 11 aromatic carbocycles. The van der Waals surface area contributed by atoms with Crippen molar-refractivity contribution < 1.29 is 0 Å². The van der Waals surface area contributed by atoms with E-state index in [4.69, 9.17) is 0 Å². The van der Waals surface area contributed by atoms with E-state index in [1.165, 1.54) is 181 Å². The third kappa shape index (κ3) is 14.1. The van der Waals surface area contributed by atoms with Crippen molar-refractivity contribution in [1.29, 1.82) is 0 Å². The van der Waals surface area contributed by atoms with E-state index in [1.54, 1.807) is 0 Å². The van der Waals surface area contributed by atoms with E-state index in [0.29, 0.717) is 0 Å². The van der Waals surface area contributed by atoms with Crippen molar-refractivity contribution in [2.24, 2.45) is 0 Å². The standard InChI is InChI=1S/C89H93N3/c1-6-9-12-15-16-20-32-69-43-49-77(50-44-69)92(81-56-59-84(68(5)64-81)83-58-55-80(63-67(83)4)90(74-35-21-17-22-36-74)75-37-23-18-24-38-75)79-53-47-71(48-54-79)73-34-31-33-72(65-73)70-45-51-78(52-46-70)91(76-39-25-19-26-40-76)82-57-60-86-85-41-27-28-42-87(85)89(88(86)66-82,61-29-13-10-7-2)62-30-14-11-8-3/h17-19,21-28,31,33-60,63-66H,6-16,20,29-30,32,61-62H2,1-5H3. The Morgan fingerprint density at radius 2 is 0.609 bits per heavy atom. The molecule has 0 amide bonds. The van der Waals surface area contributed by atoms with Gasteiger partial charge in [0.1, 0.15) is 0 Å². The number of hydrogen-bond donors (Lipinski definition) is 0. The second-order valence-corrected chi connectivity index (χ2v) is 25.8. The maximum absolute atomic E-state index is 2.57. The Hall–Kier alpha value is -9.18. The summed E-state index contributed by atoms with van der Waals surface area (Å²) in [5.74, 6) is 0. The molecule has 0 atom stereocenters. The number of rotatable bonds is 29. The molecule has 0 N–H and O–H groups in total. The lowest BCUT2D eigenvalue weighted by Gasteiger charge is -2.34. The van der Waals surface area contributed by atoms with Crippen LogP contribution in [0.1, 0.15) is 151 Å². The van der Waals surface area contributed by atoms with E-state index >= 15 is 0 Å². The summed E-state index contributed by atoms with van der Waals surface area (Å²) in [5, 5.41) is 0. The van der Waals surface area contributed by atoms with Crippen LogP contribution in [0.3, 0.4) is 0 Å². The first-order valence-corrected chi connectivity index (χ1v) is 34.8. The first-order valence-electron chi connectivity index (χ1n) is 34.8. The molecule has 1 aliphatic carbocycles. The molecule has 0 fully saturated rings. The molecule has 3 nitrogen and oxygen atoms in total. The quantitative estimate of drug-likeness (QED) is 0.0433. The van der Waals surface area contributed by atoms with Crippen LogP contribution in [0.4, 0.5) is 51.2 Å². The maximum Gasteiger partial charge on any atom is 0.0465 e. The number of unbranched alkanes of at least 4 members (excludes halogenated alkanes) is 11. The van der Waals surface area contributed by atoms with Crippen LogP contribution in [0.15, 0.2) is 267 Å². The molecule has 0 aromatic heterocycles. The first kappa shape index (κ1) is 63.0. The van der Waals surface area contributed by atoms with Gasteiger partial charge in [-0.15, -0.1) is 0 Å². The van der Waals surface area contributed by atoms with Crippen LogP contribution in [0.25, 0.3) is 44.5 Å². The monoisotopic (exact) mass is 1200 g/mol. The van der Waals surface area contributed by atoms with E-state index < -0.39 is 0 Å². The molecule has 0 radical (unpaired) electrons. The van der Waals surface area contributed by atoms with Crippen LogP contribution in [0.5, 0.6) is 0 Å². The van der Waals surface area contributed by atoms with Crippen molar-refractivity contribution in [1.82, 2.24) is 0 Å². The average Bonchev–Trinajstić information content (AvgIpc) is 1.56. The summed E-state index contributed by atoms with van der Waals surface area (Å²) in [4.78, 5) is 7.24. The highest BCUT2D eigenvalue weighted by atomic mass is 15.2. The van der Waals surface area contributed by atoms with Crippen molar-refractivity contribution in [2.45, 2.75) is 149 Å². The zero-order valence-electron chi connectivity index (χ0n) is 55.3. The van der Waals surface area contributed by atoms with Gasteiger partial charge in [0, 0.05) is 56.6 Å². The second-order valence-electron chi connectivity index (χ2n) is 25.8. The van der Waals surface area contributed by atoms with E-state index in [0.717, 1.165) is 51.9 Å². The lowest BCUT2D eigenvalue weighted by molar-refractivity contribution is 0.401. The van der Waals surface area contributed by atoms with Gasteiger partial charge in [0.15, 0.2) is 0 Å². The Bertz CT molecular complexity index is 4080. The van der Waals surface area contributed by atoms with Gasteiger partial charge in [-0.1, -0.05) is 256 Å². The molecule has 0 bridgehead atoms. The first-order chi connectivity index (χ1) is 45.3. The predicted octanol–water partition coefficient (Wildman–Crippen LogP) is 26.8. The number of nitrogens with zero attached hydrogens (tertiary/aromatic N) is 3. The van der Waals surface area contributed by atoms with Gasteiger partial charge in [-0.25, -0.2) is 0 Å². The average molecular weight is 1200 g/mol. The number of para-hydroxylation sites is 3. The second kappa shape index (κ2) is 30.3. The Kier molecular flexibility index (Phi) is 20.7. The summed E-state index contributed by atoms with van der Waals surface area (Å²) in [6.07, 6.45) is 21.5. The van der Waals surface area contributed by atoms with Gasteiger partial charge in [0.25, 0.3) is 0 Å². The van der Waals surface area contributed by atoms with Gasteiger partial charge in [0.05, 0.1) is 0 Å². The number of anilines is 9. The molecule has 1 aliphatic rings. The largest absolute Gasteiger partial charge is 0.310 e. The van der Waals surface area contributed by atoms with Crippen molar-refractivity contribution in [3.05, 3.63) is 295 Å². The highest BCUT2D eigenvalue weighted by Gasteiger charge is 2.42. The molecule has 0 heterocycles. The molecule has 0 saturated carbocycles. The smallest absolute Gasteiger partial charge is 0.0465 e. The number of aryl methyl sites for hydroxylation is 3. The van der Waals surface area contributed by atoms with Crippen LogP contribution < -0.4 is 14.7 Å². The summed E-state index contributed by atoms with van der Waals surface area (Å²) in [7, 11) is 0. The fourth-order valence-electron chi connectivity index (χ4n) is 14.6. The van der Waals surface area contributed by atoms with Crippen molar-refractivity contribution in [2.75, 3.05) is 14.7 Å². The van der Waals surface area contributed by atoms with Gasteiger partial charge in [-0.2, -0.15) is 0 Å². The SMILES string of the molecule is CCCCCCCCc1ccc(N(c2ccc(-c3cccc(-c4ccc(N(c5ccccc5)c5ccc6c(c5)C(CCCCCC)(CCCCCC)c5ccccc5-6)cc4)c3)cc2)c2ccc(-c3ccc(N(c4ccccc4)c4ccccc4)cc3C)c(C)c2)cc1. The molecular formula is C89H93N3. The Labute approximate surface area is 551 Å². The minimum absolute atomic E-state index is 0.00983.